The SMILES string of the molecule is C=Cc1oc(=C/C)/c(=C\C)c1/C=C\C.CC.CC. The van der Waals surface area contributed by atoms with Crippen molar-refractivity contribution in [3.05, 3.63) is 34.6 Å². The van der Waals surface area contributed by atoms with Crippen molar-refractivity contribution >= 4 is 24.3 Å². The topological polar surface area (TPSA) is 13.1 Å². The van der Waals surface area contributed by atoms with Crippen molar-refractivity contribution in [2.45, 2.75) is 48.5 Å². The number of allylic oxidation sites excluding steroid dienone is 1. The minimum atomic E-state index is 0.837. The van der Waals surface area contributed by atoms with Gasteiger partial charge in [0, 0.05) is 10.8 Å². The van der Waals surface area contributed by atoms with E-state index in [-0.39, 0.29) is 0 Å². The first-order valence-electron chi connectivity index (χ1n) is 6.79. The molecule has 0 atom stereocenters. The zero-order valence-electron chi connectivity index (χ0n) is 13.0. The van der Waals surface area contributed by atoms with Crippen molar-refractivity contribution in [3.63, 3.8) is 0 Å². The Morgan fingerprint density at radius 1 is 0.944 bits per heavy atom. The molecule has 0 bridgehead atoms. The molecule has 1 heterocycles. The largest absolute Gasteiger partial charge is 0.456 e. The highest BCUT2D eigenvalue weighted by molar-refractivity contribution is 5.62. The molecule has 0 spiro atoms. The van der Waals surface area contributed by atoms with Crippen LogP contribution in [0.2, 0.25) is 0 Å². The highest BCUT2D eigenvalue weighted by Gasteiger charge is 2.03. The molecule has 0 amide bonds. The predicted molar refractivity (Wildman–Crippen MR) is 85.7 cm³/mol. The Bertz CT molecular complexity index is 459. The van der Waals surface area contributed by atoms with Crippen LogP contribution in [0.1, 0.15) is 59.8 Å². The average molecular weight is 248 g/mol. The van der Waals surface area contributed by atoms with Gasteiger partial charge in [-0.2, -0.15) is 0 Å². The molecule has 1 aromatic rings. The monoisotopic (exact) mass is 248 g/mol. The Morgan fingerprint density at radius 2 is 1.50 bits per heavy atom. The zero-order chi connectivity index (χ0) is 14.6. The van der Waals surface area contributed by atoms with Gasteiger partial charge in [0.2, 0.25) is 0 Å². The quantitative estimate of drug-likeness (QED) is 0.745. The molecule has 0 aromatic carbocycles. The van der Waals surface area contributed by atoms with Gasteiger partial charge in [0.15, 0.2) is 0 Å². The Labute approximate surface area is 112 Å². The minimum Gasteiger partial charge on any atom is -0.456 e. The summed E-state index contributed by atoms with van der Waals surface area (Å²) < 4.78 is 5.63. The smallest absolute Gasteiger partial charge is 0.134 e. The first kappa shape index (κ1) is 18.9. The molecule has 0 N–H and O–H groups in total. The molecule has 1 aromatic heterocycles. The Kier molecular flexibility index (Phi) is 12.5. The Balaban J connectivity index is 0. The molecule has 0 aliphatic carbocycles. The van der Waals surface area contributed by atoms with Crippen molar-refractivity contribution in [3.8, 4) is 0 Å². The van der Waals surface area contributed by atoms with Gasteiger partial charge in [-0.1, -0.05) is 52.5 Å². The molecule has 1 heteroatoms. The van der Waals surface area contributed by atoms with E-state index in [4.69, 9.17) is 4.42 Å². The van der Waals surface area contributed by atoms with Gasteiger partial charge in [-0.05, 0) is 32.9 Å². The Hall–Kier alpha value is -1.50. The van der Waals surface area contributed by atoms with Crippen LogP contribution in [0, 0.1) is 0 Å². The van der Waals surface area contributed by atoms with Gasteiger partial charge in [0.25, 0.3) is 0 Å². The summed E-state index contributed by atoms with van der Waals surface area (Å²) in [5.74, 6) is 0.837. The third-order valence-corrected chi connectivity index (χ3v) is 2.11. The van der Waals surface area contributed by atoms with E-state index in [0.717, 1.165) is 22.0 Å². The maximum atomic E-state index is 5.63. The van der Waals surface area contributed by atoms with E-state index in [2.05, 4.69) is 12.7 Å². The predicted octanol–water partition coefficient (Wildman–Crippen LogP) is 4.61. The van der Waals surface area contributed by atoms with Gasteiger partial charge in [-0.25, -0.2) is 0 Å². The third-order valence-electron chi connectivity index (χ3n) is 2.11. The standard InChI is InChI=1S/C13H16O.2C2H6/c1-5-9-11-10(6-2)12(7-3)14-13(11)8-4;2*1-2/h5-9H,4H2,1-3H3;2*1-2H3/b9-5-,10-6-,12-7+;;. The van der Waals surface area contributed by atoms with Crippen LogP contribution in [0.3, 0.4) is 0 Å². The van der Waals surface area contributed by atoms with Crippen molar-refractivity contribution in [2.75, 3.05) is 0 Å². The van der Waals surface area contributed by atoms with Gasteiger partial charge in [-0.15, -0.1) is 0 Å². The fourth-order valence-corrected chi connectivity index (χ4v) is 1.50. The molecule has 0 saturated heterocycles. The van der Waals surface area contributed by atoms with Crippen LogP contribution in [-0.2, 0) is 0 Å². The lowest BCUT2D eigenvalue weighted by molar-refractivity contribution is 0.521. The molecular weight excluding hydrogens is 220 g/mol. The minimum absolute atomic E-state index is 0.837. The van der Waals surface area contributed by atoms with E-state index in [1.54, 1.807) is 6.08 Å². The van der Waals surface area contributed by atoms with E-state index in [1.807, 2.05) is 66.7 Å². The van der Waals surface area contributed by atoms with E-state index in [9.17, 15) is 0 Å². The van der Waals surface area contributed by atoms with Crippen molar-refractivity contribution in [1.82, 2.24) is 0 Å². The van der Waals surface area contributed by atoms with Crippen molar-refractivity contribution in [2.24, 2.45) is 0 Å². The zero-order valence-corrected chi connectivity index (χ0v) is 13.0. The summed E-state index contributed by atoms with van der Waals surface area (Å²) in [6, 6.07) is 0. The summed E-state index contributed by atoms with van der Waals surface area (Å²) in [7, 11) is 0. The Morgan fingerprint density at radius 3 is 1.83 bits per heavy atom. The summed E-state index contributed by atoms with van der Waals surface area (Å²) in [4.78, 5) is 0. The fourth-order valence-electron chi connectivity index (χ4n) is 1.50. The van der Waals surface area contributed by atoms with Crippen LogP contribution in [0.15, 0.2) is 17.1 Å². The van der Waals surface area contributed by atoms with Gasteiger partial charge >= 0.3 is 0 Å². The normalized spacial score (nSPS) is 11.7. The van der Waals surface area contributed by atoms with Gasteiger partial charge in [0.05, 0.1) is 0 Å². The number of hydrogen-bond donors (Lipinski definition) is 0. The summed E-state index contributed by atoms with van der Waals surface area (Å²) in [6.45, 7) is 17.7. The van der Waals surface area contributed by atoms with E-state index in [0.29, 0.717) is 0 Å². The molecule has 102 valence electrons. The van der Waals surface area contributed by atoms with Crippen molar-refractivity contribution in [1.29, 1.82) is 0 Å². The summed E-state index contributed by atoms with van der Waals surface area (Å²) in [5, 5.41) is 1.14. The van der Waals surface area contributed by atoms with Crippen LogP contribution in [0.4, 0.5) is 0 Å². The summed E-state index contributed by atoms with van der Waals surface area (Å²) in [6.07, 6.45) is 9.82. The van der Waals surface area contributed by atoms with Crippen LogP contribution in [0.5, 0.6) is 0 Å². The lowest BCUT2D eigenvalue weighted by Gasteiger charge is -1.87. The number of furan rings is 1. The second-order valence-electron chi connectivity index (χ2n) is 2.94. The maximum Gasteiger partial charge on any atom is 0.134 e. The molecule has 1 rings (SSSR count). The molecule has 1 nitrogen and oxygen atoms in total. The third kappa shape index (κ3) is 4.79. The number of rotatable bonds is 2. The van der Waals surface area contributed by atoms with Crippen LogP contribution < -0.4 is 10.6 Å². The second-order valence-corrected chi connectivity index (χ2v) is 2.94. The summed E-state index contributed by atoms with van der Waals surface area (Å²) >= 11 is 0. The molecule has 18 heavy (non-hydrogen) atoms. The molecule has 0 unspecified atom stereocenters. The summed E-state index contributed by atoms with van der Waals surface area (Å²) in [5.41, 5.74) is 2.02. The number of hydrogen-bond acceptors (Lipinski definition) is 1. The van der Waals surface area contributed by atoms with E-state index >= 15 is 0 Å². The maximum absolute atomic E-state index is 5.63. The van der Waals surface area contributed by atoms with Crippen LogP contribution in [0.25, 0.3) is 24.3 Å². The molecule has 0 aliphatic rings. The average Bonchev–Trinajstić information content (AvgIpc) is 2.80. The lowest BCUT2D eigenvalue weighted by Crippen LogP contribution is -2.20. The first-order valence-corrected chi connectivity index (χ1v) is 6.79. The lowest BCUT2D eigenvalue weighted by atomic mass is 10.1. The molecule has 0 fully saturated rings. The highest BCUT2D eigenvalue weighted by atomic mass is 16.3. The van der Waals surface area contributed by atoms with Crippen LogP contribution in [-0.4, -0.2) is 0 Å². The van der Waals surface area contributed by atoms with Gasteiger partial charge in [-0.3, -0.25) is 0 Å². The molecule has 0 aliphatic heterocycles. The fraction of sp³-hybridized carbons (Fsp3) is 0.412. The van der Waals surface area contributed by atoms with E-state index in [1.165, 1.54) is 0 Å². The highest BCUT2D eigenvalue weighted by Crippen LogP contribution is 2.06. The van der Waals surface area contributed by atoms with Gasteiger partial charge < -0.3 is 4.42 Å². The second kappa shape index (κ2) is 12.0. The molecular formula is C17H28O. The van der Waals surface area contributed by atoms with E-state index < -0.39 is 0 Å². The molecule has 0 radical (unpaired) electrons. The first-order chi connectivity index (χ1) is 8.78. The van der Waals surface area contributed by atoms with Gasteiger partial charge in [0.1, 0.15) is 11.2 Å². The molecule has 0 saturated carbocycles. The van der Waals surface area contributed by atoms with Crippen molar-refractivity contribution < 1.29 is 4.42 Å². The van der Waals surface area contributed by atoms with Crippen LogP contribution >= 0.6 is 0 Å².